The first-order chi connectivity index (χ1) is 14.0. The highest BCUT2D eigenvalue weighted by molar-refractivity contribution is 6.32. The Morgan fingerprint density at radius 3 is 2.41 bits per heavy atom. The molecule has 29 heavy (non-hydrogen) atoms. The highest BCUT2D eigenvalue weighted by atomic mass is 35.5. The predicted octanol–water partition coefficient (Wildman–Crippen LogP) is 5.89. The summed E-state index contributed by atoms with van der Waals surface area (Å²) in [6.07, 6.45) is 0. The van der Waals surface area contributed by atoms with Crippen molar-refractivity contribution < 1.29 is 19.4 Å². The third-order valence-corrected chi connectivity index (χ3v) is 4.90. The second-order valence-electron chi connectivity index (χ2n) is 6.23. The number of nitrogens with one attached hydrogen (secondary N) is 1. The second-order valence-corrected chi connectivity index (χ2v) is 7.04. The van der Waals surface area contributed by atoms with Crippen molar-refractivity contribution in [3.63, 3.8) is 0 Å². The zero-order chi connectivity index (χ0) is 20.8. The Morgan fingerprint density at radius 2 is 1.76 bits per heavy atom. The van der Waals surface area contributed by atoms with Gasteiger partial charge in [0.05, 0.1) is 17.7 Å². The van der Waals surface area contributed by atoms with Crippen LogP contribution in [0.2, 0.25) is 10.0 Å². The van der Waals surface area contributed by atoms with Crippen LogP contribution in [-0.2, 0) is 13.2 Å². The van der Waals surface area contributed by atoms with Crippen LogP contribution >= 0.6 is 23.2 Å². The van der Waals surface area contributed by atoms with E-state index in [1.165, 1.54) is 0 Å². The molecule has 0 atom stereocenters. The fourth-order valence-electron chi connectivity index (χ4n) is 2.72. The van der Waals surface area contributed by atoms with Crippen LogP contribution in [-0.4, -0.2) is 18.2 Å². The molecule has 3 rings (SSSR count). The van der Waals surface area contributed by atoms with Gasteiger partial charge >= 0.3 is 5.97 Å². The maximum Gasteiger partial charge on any atom is 0.335 e. The van der Waals surface area contributed by atoms with Gasteiger partial charge in [0.25, 0.3) is 0 Å². The van der Waals surface area contributed by atoms with E-state index in [1.807, 2.05) is 24.3 Å². The van der Waals surface area contributed by atoms with Gasteiger partial charge in [0.1, 0.15) is 6.61 Å². The van der Waals surface area contributed by atoms with Gasteiger partial charge < -0.3 is 19.9 Å². The van der Waals surface area contributed by atoms with Crippen LogP contribution in [0.4, 0.5) is 5.69 Å². The smallest absolute Gasteiger partial charge is 0.335 e. The van der Waals surface area contributed by atoms with Crippen molar-refractivity contribution in [3.8, 4) is 11.5 Å². The number of carboxylic acid groups (broad SMARTS) is 1. The Kier molecular flexibility index (Phi) is 6.86. The lowest BCUT2D eigenvalue weighted by molar-refractivity contribution is 0.0697. The Balaban J connectivity index is 1.70. The lowest BCUT2D eigenvalue weighted by Crippen LogP contribution is -2.03. The van der Waals surface area contributed by atoms with Crippen molar-refractivity contribution in [1.82, 2.24) is 0 Å². The van der Waals surface area contributed by atoms with Gasteiger partial charge in [0, 0.05) is 22.8 Å². The van der Waals surface area contributed by atoms with Crippen LogP contribution in [0.5, 0.6) is 11.5 Å². The molecule has 0 aliphatic rings. The molecule has 7 heteroatoms. The highest BCUT2D eigenvalue weighted by Gasteiger charge is 2.13. The average Bonchev–Trinajstić information content (AvgIpc) is 2.72. The first kappa shape index (κ1) is 20.8. The van der Waals surface area contributed by atoms with Crippen LogP contribution in [0.3, 0.4) is 0 Å². The molecular formula is C22H19Cl2NO4. The van der Waals surface area contributed by atoms with E-state index in [0.717, 1.165) is 16.8 Å². The molecule has 0 spiro atoms. The Bertz CT molecular complexity index is 1010. The van der Waals surface area contributed by atoms with Crippen LogP contribution < -0.4 is 14.8 Å². The van der Waals surface area contributed by atoms with Crippen LogP contribution in [0.25, 0.3) is 0 Å². The molecule has 0 heterocycles. The molecule has 2 N–H and O–H groups in total. The highest BCUT2D eigenvalue weighted by Crippen LogP contribution is 2.37. The third-order valence-electron chi connectivity index (χ3n) is 4.25. The first-order valence-electron chi connectivity index (χ1n) is 8.77. The van der Waals surface area contributed by atoms with E-state index in [0.29, 0.717) is 28.1 Å². The average molecular weight is 432 g/mol. The minimum Gasteiger partial charge on any atom is -0.493 e. The number of halogens is 2. The molecule has 3 aromatic carbocycles. The quantitative estimate of drug-likeness (QED) is 0.465. The minimum absolute atomic E-state index is 0.236. The van der Waals surface area contributed by atoms with E-state index in [9.17, 15) is 4.79 Å². The lowest BCUT2D eigenvalue weighted by atomic mass is 10.1. The number of hydrogen-bond donors (Lipinski definition) is 2. The van der Waals surface area contributed by atoms with E-state index in [2.05, 4.69) is 5.32 Å². The zero-order valence-corrected chi connectivity index (χ0v) is 17.1. The number of carboxylic acids is 1. The molecule has 3 aromatic rings. The van der Waals surface area contributed by atoms with Crippen molar-refractivity contribution in [3.05, 3.63) is 87.4 Å². The summed E-state index contributed by atoms with van der Waals surface area (Å²) in [5.41, 5.74) is 2.77. The molecule has 0 radical (unpaired) electrons. The van der Waals surface area contributed by atoms with Crippen LogP contribution in [0.15, 0.2) is 60.7 Å². The molecule has 0 amide bonds. The van der Waals surface area contributed by atoms with E-state index < -0.39 is 5.97 Å². The maximum atomic E-state index is 10.9. The van der Waals surface area contributed by atoms with Gasteiger partial charge in [0.15, 0.2) is 11.5 Å². The number of rotatable bonds is 8. The Labute approximate surface area is 178 Å². The number of aromatic carboxylic acids is 1. The number of hydrogen-bond acceptors (Lipinski definition) is 4. The van der Waals surface area contributed by atoms with Crippen molar-refractivity contribution >= 4 is 34.9 Å². The number of benzene rings is 3. The van der Waals surface area contributed by atoms with E-state index in [-0.39, 0.29) is 12.2 Å². The maximum absolute atomic E-state index is 10.9. The largest absolute Gasteiger partial charge is 0.493 e. The van der Waals surface area contributed by atoms with Crippen molar-refractivity contribution in [2.24, 2.45) is 0 Å². The molecule has 0 aliphatic carbocycles. The zero-order valence-electron chi connectivity index (χ0n) is 15.6. The van der Waals surface area contributed by atoms with Gasteiger partial charge in [0.2, 0.25) is 0 Å². The minimum atomic E-state index is -0.958. The van der Waals surface area contributed by atoms with Gasteiger partial charge in [-0.2, -0.15) is 0 Å². The van der Waals surface area contributed by atoms with Gasteiger partial charge in [-0.3, -0.25) is 0 Å². The Morgan fingerprint density at radius 1 is 1.03 bits per heavy atom. The SMILES string of the molecule is COc1cc(CNc2ccc(C(=O)O)cc2)cc(Cl)c1OCc1ccccc1Cl. The summed E-state index contributed by atoms with van der Waals surface area (Å²) in [4.78, 5) is 10.9. The molecule has 0 saturated heterocycles. The Hall–Kier alpha value is -2.89. The monoisotopic (exact) mass is 431 g/mol. The number of methoxy groups -OCH3 is 1. The normalized spacial score (nSPS) is 10.4. The molecule has 0 bridgehead atoms. The fraction of sp³-hybridized carbons (Fsp3) is 0.136. The van der Waals surface area contributed by atoms with Gasteiger partial charge in [-0.15, -0.1) is 0 Å². The molecule has 5 nitrogen and oxygen atoms in total. The number of anilines is 1. The van der Waals surface area contributed by atoms with E-state index in [4.69, 9.17) is 37.8 Å². The number of ether oxygens (including phenoxy) is 2. The summed E-state index contributed by atoms with van der Waals surface area (Å²) in [6, 6.07) is 17.6. The molecule has 0 saturated carbocycles. The van der Waals surface area contributed by atoms with Crippen LogP contribution in [0.1, 0.15) is 21.5 Å². The second kappa shape index (κ2) is 9.54. The van der Waals surface area contributed by atoms with Gasteiger partial charge in [-0.25, -0.2) is 4.79 Å². The molecule has 0 aliphatic heterocycles. The van der Waals surface area contributed by atoms with E-state index >= 15 is 0 Å². The van der Waals surface area contributed by atoms with Crippen molar-refractivity contribution in [2.75, 3.05) is 12.4 Å². The topological polar surface area (TPSA) is 67.8 Å². The summed E-state index contributed by atoms with van der Waals surface area (Å²) in [6.45, 7) is 0.747. The summed E-state index contributed by atoms with van der Waals surface area (Å²) in [5, 5.41) is 13.2. The van der Waals surface area contributed by atoms with Gasteiger partial charge in [-0.1, -0.05) is 41.4 Å². The standard InChI is InChI=1S/C22H19Cl2NO4/c1-28-20-11-14(12-25-17-8-6-15(7-9-17)22(26)27)10-19(24)21(20)29-13-16-4-2-3-5-18(16)23/h2-11,25H,12-13H2,1H3,(H,26,27). The third kappa shape index (κ3) is 5.34. The summed E-state index contributed by atoms with van der Waals surface area (Å²) in [7, 11) is 1.55. The first-order valence-corrected chi connectivity index (χ1v) is 9.53. The van der Waals surface area contributed by atoms with E-state index in [1.54, 1.807) is 43.5 Å². The fourth-order valence-corrected chi connectivity index (χ4v) is 3.19. The van der Waals surface area contributed by atoms with Crippen molar-refractivity contribution in [1.29, 1.82) is 0 Å². The van der Waals surface area contributed by atoms with Crippen molar-refractivity contribution in [2.45, 2.75) is 13.2 Å². The van der Waals surface area contributed by atoms with Crippen LogP contribution in [0, 0.1) is 0 Å². The lowest BCUT2D eigenvalue weighted by Gasteiger charge is -2.15. The molecule has 0 aromatic heterocycles. The molecule has 0 unspecified atom stereocenters. The summed E-state index contributed by atoms with van der Waals surface area (Å²) < 4.78 is 11.3. The molecule has 0 fully saturated rings. The summed E-state index contributed by atoms with van der Waals surface area (Å²) in [5.74, 6) is 0.00618. The predicted molar refractivity (Wildman–Crippen MR) is 115 cm³/mol. The van der Waals surface area contributed by atoms with Gasteiger partial charge in [-0.05, 0) is 48.0 Å². The number of carbonyl (C=O) groups is 1. The molecule has 150 valence electrons. The summed E-state index contributed by atoms with van der Waals surface area (Å²) >= 11 is 12.6. The molecular weight excluding hydrogens is 413 g/mol.